The molecule has 0 aliphatic heterocycles. The summed E-state index contributed by atoms with van der Waals surface area (Å²) in [7, 11) is 0. The minimum absolute atomic E-state index is 0.00306. The molecule has 0 amide bonds. The van der Waals surface area contributed by atoms with Gasteiger partial charge in [-0.05, 0) is 80.5 Å². The van der Waals surface area contributed by atoms with E-state index in [0.717, 1.165) is 32.1 Å². The maximum Gasteiger partial charge on any atom is 0.0654 e. The van der Waals surface area contributed by atoms with Gasteiger partial charge in [-0.3, -0.25) is 0 Å². The van der Waals surface area contributed by atoms with E-state index in [2.05, 4.69) is 20.8 Å². The van der Waals surface area contributed by atoms with Crippen LogP contribution in [-0.2, 0) is 0 Å². The van der Waals surface area contributed by atoms with Crippen LogP contribution in [0.3, 0.4) is 0 Å². The highest BCUT2D eigenvalue weighted by molar-refractivity contribution is 5.18. The Morgan fingerprint density at radius 3 is 2.32 bits per heavy atom. The van der Waals surface area contributed by atoms with Gasteiger partial charge in [-0.2, -0.15) is 0 Å². The fourth-order valence-corrected chi connectivity index (χ4v) is 7.91. The first-order chi connectivity index (χ1) is 10.1. The minimum atomic E-state index is -0.552. The Bertz CT molecular complexity index is 482. The lowest BCUT2D eigenvalue weighted by atomic mass is 9.35. The lowest BCUT2D eigenvalue weighted by molar-refractivity contribution is -0.267. The molecule has 1 spiro atoms. The molecule has 7 atom stereocenters. The van der Waals surface area contributed by atoms with E-state index >= 15 is 0 Å². The normalized spacial score (nSPS) is 59.7. The van der Waals surface area contributed by atoms with Gasteiger partial charge in [0.05, 0.1) is 11.7 Å². The van der Waals surface area contributed by atoms with E-state index in [9.17, 15) is 10.2 Å². The second kappa shape index (κ2) is 4.30. The monoisotopic (exact) mass is 306 g/mol. The number of rotatable bonds is 0. The first-order valence-corrected chi connectivity index (χ1v) is 9.52. The van der Waals surface area contributed by atoms with Crippen molar-refractivity contribution in [1.29, 1.82) is 0 Å². The van der Waals surface area contributed by atoms with Crippen LogP contribution in [0, 0.1) is 34.0 Å². The summed E-state index contributed by atoms with van der Waals surface area (Å²) in [5.74, 6) is 1.71. The van der Waals surface area contributed by atoms with Crippen molar-refractivity contribution in [3.05, 3.63) is 0 Å². The van der Waals surface area contributed by atoms with Gasteiger partial charge < -0.3 is 10.2 Å². The minimum Gasteiger partial charge on any atom is -0.393 e. The predicted molar refractivity (Wildman–Crippen MR) is 88.4 cm³/mol. The van der Waals surface area contributed by atoms with Crippen molar-refractivity contribution in [2.45, 2.75) is 90.8 Å². The van der Waals surface area contributed by atoms with Crippen molar-refractivity contribution < 1.29 is 10.2 Å². The fraction of sp³-hybridized carbons (Fsp3) is 1.00. The molecule has 5 aliphatic rings. The Morgan fingerprint density at radius 1 is 0.909 bits per heavy atom. The molecule has 0 aromatic carbocycles. The number of fused-ring (bicyclic) bond motifs is 3. The van der Waals surface area contributed by atoms with Crippen molar-refractivity contribution in [3.63, 3.8) is 0 Å². The Labute approximate surface area is 135 Å². The maximum atomic E-state index is 11.2. The molecular formula is C20H34O2. The second-order valence-corrected chi connectivity index (χ2v) is 10.4. The fourth-order valence-electron chi connectivity index (χ4n) is 7.91. The van der Waals surface area contributed by atoms with Gasteiger partial charge in [0.2, 0.25) is 0 Å². The summed E-state index contributed by atoms with van der Waals surface area (Å²) in [6, 6.07) is 0. The zero-order chi connectivity index (χ0) is 16.0. The predicted octanol–water partition coefficient (Wildman–Crippen LogP) is 4.14. The van der Waals surface area contributed by atoms with Gasteiger partial charge in [0.25, 0.3) is 0 Å². The molecule has 126 valence electrons. The second-order valence-electron chi connectivity index (χ2n) is 10.4. The third-order valence-corrected chi connectivity index (χ3v) is 8.93. The first-order valence-electron chi connectivity index (χ1n) is 9.52. The van der Waals surface area contributed by atoms with Crippen LogP contribution in [0.1, 0.15) is 79.1 Å². The van der Waals surface area contributed by atoms with E-state index in [-0.39, 0.29) is 11.5 Å². The average Bonchev–Trinajstić information content (AvgIpc) is 2.40. The molecule has 2 N–H and O–H groups in total. The molecule has 2 bridgehead atoms. The van der Waals surface area contributed by atoms with E-state index in [0.29, 0.717) is 28.6 Å². The number of hydrogen-bond donors (Lipinski definition) is 2. The molecule has 5 aliphatic carbocycles. The number of aliphatic hydroxyl groups is 2. The van der Waals surface area contributed by atoms with Crippen LogP contribution in [0.2, 0.25) is 0 Å². The third-order valence-electron chi connectivity index (χ3n) is 8.93. The van der Waals surface area contributed by atoms with Crippen LogP contribution >= 0.6 is 0 Å². The third kappa shape index (κ3) is 1.75. The van der Waals surface area contributed by atoms with Crippen molar-refractivity contribution in [2.24, 2.45) is 34.0 Å². The molecule has 5 rings (SSSR count). The van der Waals surface area contributed by atoms with Gasteiger partial charge in [-0.25, -0.2) is 0 Å². The molecular weight excluding hydrogens is 272 g/mol. The molecule has 2 heteroatoms. The van der Waals surface area contributed by atoms with Crippen LogP contribution < -0.4 is 0 Å². The van der Waals surface area contributed by atoms with Crippen LogP contribution in [0.4, 0.5) is 0 Å². The summed E-state index contributed by atoms with van der Waals surface area (Å²) in [4.78, 5) is 0. The quantitative estimate of drug-likeness (QED) is 0.706. The summed E-state index contributed by atoms with van der Waals surface area (Å²) in [6.07, 6.45) is 8.96. The topological polar surface area (TPSA) is 40.5 Å². The van der Waals surface area contributed by atoms with Crippen LogP contribution in [0.15, 0.2) is 0 Å². The summed E-state index contributed by atoms with van der Waals surface area (Å²) in [6.45, 7) is 9.42. The van der Waals surface area contributed by atoms with Gasteiger partial charge >= 0.3 is 0 Å². The van der Waals surface area contributed by atoms with Crippen molar-refractivity contribution in [1.82, 2.24) is 0 Å². The Morgan fingerprint density at radius 2 is 1.64 bits per heavy atom. The molecule has 0 unspecified atom stereocenters. The van der Waals surface area contributed by atoms with E-state index < -0.39 is 5.60 Å². The van der Waals surface area contributed by atoms with Gasteiger partial charge in [-0.1, -0.05) is 27.2 Å². The van der Waals surface area contributed by atoms with Gasteiger partial charge in [0, 0.05) is 5.41 Å². The van der Waals surface area contributed by atoms with Crippen LogP contribution in [0.5, 0.6) is 0 Å². The Balaban J connectivity index is 1.78. The first kappa shape index (κ1) is 15.4. The molecule has 2 nitrogen and oxygen atoms in total. The Kier molecular flexibility index (Phi) is 3.02. The van der Waals surface area contributed by atoms with Crippen molar-refractivity contribution in [2.75, 3.05) is 0 Å². The molecule has 0 aromatic rings. The van der Waals surface area contributed by atoms with Gasteiger partial charge in [0.15, 0.2) is 0 Å². The molecule has 5 fully saturated rings. The zero-order valence-electron chi connectivity index (χ0n) is 14.9. The summed E-state index contributed by atoms with van der Waals surface area (Å²) in [5, 5.41) is 22.1. The van der Waals surface area contributed by atoms with E-state index in [1.807, 2.05) is 6.92 Å². The number of hydrogen-bond acceptors (Lipinski definition) is 2. The Hall–Kier alpha value is -0.0800. The molecule has 0 radical (unpaired) electrons. The van der Waals surface area contributed by atoms with E-state index in [1.165, 1.54) is 19.3 Å². The smallest absolute Gasteiger partial charge is 0.0654 e. The lowest BCUT2D eigenvalue weighted by Gasteiger charge is -2.71. The highest BCUT2D eigenvalue weighted by atomic mass is 16.3. The number of aliphatic hydroxyl groups excluding tert-OH is 1. The van der Waals surface area contributed by atoms with Crippen molar-refractivity contribution in [3.8, 4) is 0 Å². The SMILES string of the molecule is CC1(C)CCC[C@]2(C)[C@H]3C[C@@H]4CC[C@]3(C[C@]4(C)O)[C@@H](O)C[C@@H]12. The van der Waals surface area contributed by atoms with Crippen LogP contribution in [-0.4, -0.2) is 21.9 Å². The van der Waals surface area contributed by atoms with Crippen molar-refractivity contribution >= 4 is 0 Å². The summed E-state index contributed by atoms with van der Waals surface area (Å²) < 4.78 is 0. The standard InChI is InChI=1S/C20H34O2/c1-17(2)7-5-8-18(3)14(17)11-16(21)20-9-6-13(10-15(18)20)19(4,22)12-20/h13-16,21-22H,5-12H2,1-4H3/t13-,14-,15+,16-,18-,19-,20+/m0/s1. The van der Waals surface area contributed by atoms with Crippen LogP contribution in [0.25, 0.3) is 0 Å². The lowest BCUT2D eigenvalue weighted by Crippen LogP contribution is -2.68. The van der Waals surface area contributed by atoms with Gasteiger partial charge in [-0.15, -0.1) is 0 Å². The zero-order valence-corrected chi connectivity index (χ0v) is 14.9. The highest BCUT2D eigenvalue weighted by Crippen LogP contribution is 2.72. The molecule has 0 aromatic heterocycles. The van der Waals surface area contributed by atoms with Gasteiger partial charge in [0.1, 0.15) is 0 Å². The molecule has 22 heavy (non-hydrogen) atoms. The maximum absolute atomic E-state index is 11.2. The van der Waals surface area contributed by atoms with E-state index in [4.69, 9.17) is 0 Å². The molecule has 0 saturated heterocycles. The average molecular weight is 306 g/mol. The summed E-state index contributed by atoms with van der Waals surface area (Å²) in [5.41, 5.74) is 0.172. The molecule has 0 heterocycles. The largest absolute Gasteiger partial charge is 0.393 e. The highest BCUT2D eigenvalue weighted by Gasteiger charge is 2.68. The summed E-state index contributed by atoms with van der Waals surface area (Å²) >= 11 is 0. The van der Waals surface area contributed by atoms with E-state index in [1.54, 1.807) is 0 Å². The molecule has 5 saturated carbocycles.